The van der Waals surface area contributed by atoms with E-state index in [1.807, 2.05) is 11.8 Å². The molecule has 2 rings (SSSR count). The van der Waals surface area contributed by atoms with Crippen LogP contribution in [0.1, 0.15) is 38.5 Å². The van der Waals surface area contributed by atoms with Gasteiger partial charge in [-0.3, -0.25) is 9.59 Å². The van der Waals surface area contributed by atoms with Crippen molar-refractivity contribution in [3.63, 3.8) is 0 Å². The lowest BCUT2D eigenvalue weighted by molar-refractivity contribution is -0.134. The molecule has 0 aromatic carbocycles. The molecule has 204 valence electrons. The number of hydrogen-bond donors (Lipinski definition) is 3. The number of unbranched alkanes of at least 4 members (excludes halogenated alkanes) is 1. The predicted molar refractivity (Wildman–Crippen MR) is 138 cm³/mol. The molecule has 11 nitrogen and oxygen atoms in total. The molecule has 0 aromatic heterocycles. The van der Waals surface area contributed by atoms with Crippen LogP contribution in [0.25, 0.3) is 4.85 Å². The highest BCUT2D eigenvalue weighted by Crippen LogP contribution is 2.33. The Morgan fingerprint density at radius 1 is 1.06 bits per heavy atom. The number of carbonyl (C=O) groups is 3. The average Bonchev–Trinajstić information content (AvgIpc) is 3.41. The standard InChI is InChI=1S/C24H41N5O6S/c1-25-9-5-11-33-13-15-35-16-14-34-12-6-10-26-21(30)17-29(2)22(31)8-4-3-7-20-23-19(18-36-20)27-24(32)28-23/h19-20,23H,3-18H2,2H3,(H,26,30)(H2,27,28,32)/t19-,20-,23-/m0/s1. The van der Waals surface area contributed by atoms with Crippen LogP contribution in [0.5, 0.6) is 0 Å². The summed E-state index contributed by atoms with van der Waals surface area (Å²) in [5, 5.41) is 9.14. The molecule has 2 heterocycles. The molecule has 0 spiro atoms. The number of urea groups is 1. The van der Waals surface area contributed by atoms with Gasteiger partial charge >= 0.3 is 6.03 Å². The number of nitrogens with zero attached hydrogens (tertiary/aromatic N) is 2. The number of fused-ring (bicyclic) bond motifs is 1. The lowest BCUT2D eigenvalue weighted by Gasteiger charge is -2.18. The van der Waals surface area contributed by atoms with Gasteiger partial charge in [-0.1, -0.05) is 6.42 Å². The Kier molecular flexibility index (Phi) is 15.3. The third kappa shape index (κ3) is 12.3. The molecule has 0 aliphatic carbocycles. The summed E-state index contributed by atoms with van der Waals surface area (Å²) in [6.07, 6.45) is 4.52. The Bertz CT molecular complexity index is 722. The van der Waals surface area contributed by atoms with Crippen molar-refractivity contribution >= 4 is 29.6 Å². The van der Waals surface area contributed by atoms with Gasteiger partial charge in [-0.2, -0.15) is 11.8 Å². The van der Waals surface area contributed by atoms with Crippen LogP contribution in [0.15, 0.2) is 0 Å². The number of rotatable bonds is 20. The first-order valence-corrected chi connectivity index (χ1v) is 13.8. The minimum absolute atomic E-state index is 0.0324. The van der Waals surface area contributed by atoms with Gasteiger partial charge in [0, 0.05) is 44.0 Å². The van der Waals surface area contributed by atoms with Gasteiger partial charge < -0.3 is 39.9 Å². The second-order valence-corrected chi connectivity index (χ2v) is 10.2. The summed E-state index contributed by atoms with van der Waals surface area (Å²) in [5.74, 6) is 0.729. The minimum atomic E-state index is -0.177. The van der Waals surface area contributed by atoms with Crippen molar-refractivity contribution in [2.45, 2.75) is 55.9 Å². The molecule has 0 unspecified atom stereocenters. The summed E-state index contributed by atoms with van der Waals surface area (Å²) in [6.45, 7) is 10.8. The van der Waals surface area contributed by atoms with Gasteiger partial charge in [0.05, 0.1) is 51.7 Å². The number of hydrogen-bond acceptors (Lipinski definition) is 7. The van der Waals surface area contributed by atoms with Crippen LogP contribution >= 0.6 is 11.8 Å². The van der Waals surface area contributed by atoms with E-state index in [2.05, 4.69) is 20.8 Å². The highest BCUT2D eigenvalue weighted by molar-refractivity contribution is 8.00. The Morgan fingerprint density at radius 3 is 2.47 bits per heavy atom. The van der Waals surface area contributed by atoms with Gasteiger partial charge in [-0.15, -0.1) is 0 Å². The van der Waals surface area contributed by atoms with E-state index in [1.165, 1.54) is 4.90 Å². The lowest BCUT2D eigenvalue weighted by atomic mass is 10.0. The molecule has 0 saturated carbocycles. The number of likely N-dealkylation sites (N-methyl/N-ethyl adjacent to an activating group) is 1. The summed E-state index contributed by atoms with van der Waals surface area (Å²) in [5.41, 5.74) is 0. The first kappa shape index (κ1) is 30.2. The Balaban J connectivity index is 1.37. The van der Waals surface area contributed by atoms with Crippen molar-refractivity contribution in [3.05, 3.63) is 11.4 Å². The quantitative estimate of drug-likeness (QED) is 0.123. The first-order valence-electron chi connectivity index (χ1n) is 12.8. The van der Waals surface area contributed by atoms with Crippen LogP contribution in [0.4, 0.5) is 4.79 Å². The second kappa shape index (κ2) is 18.2. The molecule has 0 bridgehead atoms. The zero-order valence-corrected chi connectivity index (χ0v) is 22.1. The first-order chi connectivity index (χ1) is 17.5. The van der Waals surface area contributed by atoms with E-state index >= 15 is 0 Å². The molecule has 36 heavy (non-hydrogen) atoms. The third-order valence-corrected chi connectivity index (χ3v) is 7.47. The molecule has 3 N–H and O–H groups in total. The van der Waals surface area contributed by atoms with Crippen molar-refractivity contribution in [2.75, 3.05) is 72.1 Å². The molecule has 2 aliphatic heterocycles. The SMILES string of the molecule is [C-]#[N+]CCCOCCOCCOCCCNC(=O)CN(C)C(=O)CCCC[C@@H]1SC[C@@H]2NC(=O)N[C@@H]21. The normalized spacial score (nSPS) is 20.3. The van der Waals surface area contributed by atoms with E-state index in [0.717, 1.165) is 31.4 Å². The maximum Gasteiger partial charge on any atom is 0.315 e. The third-order valence-electron chi connectivity index (χ3n) is 5.96. The Hall–Kier alpha value is -2.07. The highest BCUT2D eigenvalue weighted by Gasteiger charge is 2.42. The Labute approximate surface area is 218 Å². The smallest absolute Gasteiger partial charge is 0.315 e. The summed E-state index contributed by atoms with van der Waals surface area (Å²) in [6, 6.07) is 0.342. The van der Waals surface area contributed by atoms with Crippen molar-refractivity contribution in [1.82, 2.24) is 20.9 Å². The fraction of sp³-hybridized carbons (Fsp3) is 0.833. The maximum absolute atomic E-state index is 12.3. The number of nitrogens with one attached hydrogen (secondary N) is 3. The van der Waals surface area contributed by atoms with Gasteiger partial charge in [0.15, 0.2) is 0 Å². The van der Waals surface area contributed by atoms with E-state index in [4.69, 9.17) is 20.8 Å². The number of carbonyl (C=O) groups excluding carboxylic acids is 3. The molecule has 12 heteroatoms. The predicted octanol–water partition coefficient (Wildman–Crippen LogP) is 1.04. The minimum Gasteiger partial charge on any atom is -0.379 e. The zero-order valence-electron chi connectivity index (χ0n) is 21.3. The van der Waals surface area contributed by atoms with Crippen LogP contribution in [-0.2, 0) is 23.8 Å². The average molecular weight is 528 g/mol. The van der Waals surface area contributed by atoms with Gasteiger partial charge in [0.1, 0.15) is 0 Å². The van der Waals surface area contributed by atoms with Gasteiger partial charge in [-0.05, 0) is 19.3 Å². The number of amides is 4. The molecular formula is C24H41N5O6S. The van der Waals surface area contributed by atoms with E-state index in [-0.39, 0.29) is 36.5 Å². The summed E-state index contributed by atoms with van der Waals surface area (Å²) in [4.78, 5) is 40.6. The molecule has 2 aliphatic rings. The van der Waals surface area contributed by atoms with Crippen molar-refractivity contribution in [1.29, 1.82) is 0 Å². The molecule has 3 atom stereocenters. The maximum atomic E-state index is 12.3. The molecule has 2 fully saturated rings. The molecule has 2 saturated heterocycles. The van der Waals surface area contributed by atoms with Crippen LogP contribution < -0.4 is 16.0 Å². The highest BCUT2D eigenvalue weighted by atomic mass is 32.2. The van der Waals surface area contributed by atoms with Crippen molar-refractivity contribution in [2.24, 2.45) is 0 Å². The zero-order chi connectivity index (χ0) is 26.0. The van der Waals surface area contributed by atoms with Crippen LogP contribution in [-0.4, -0.2) is 112 Å². The summed E-state index contributed by atoms with van der Waals surface area (Å²) < 4.78 is 16.2. The van der Waals surface area contributed by atoms with E-state index in [0.29, 0.717) is 70.8 Å². The van der Waals surface area contributed by atoms with Crippen LogP contribution in [0.3, 0.4) is 0 Å². The van der Waals surface area contributed by atoms with Gasteiger partial charge in [0.2, 0.25) is 18.4 Å². The van der Waals surface area contributed by atoms with Gasteiger partial charge in [0.25, 0.3) is 0 Å². The number of ether oxygens (including phenoxy) is 3. The van der Waals surface area contributed by atoms with Crippen LogP contribution in [0, 0.1) is 6.57 Å². The van der Waals surface area contributed by atoms with Crippen LogP contribution in [0.2, 0.25) is 0 Å². The topological polar surface area (TPSA) is 123 Å². The van der Waals surface area contributed by atoms with E-state index in [9.17, 15) is 14.4 Å². The second-order valence-electron chi connectivity index (χ2n) is 8.89. The number of thioether (sulfide) groups is 1. The molecule has 0 aromatic rings. The van der Waals surface area contributed by atoms with E-state index < -0.39 is 0 Å². The van der Waals surface area contributed by atoms with Crippen molar-refractivity contribution < 1.29 is 28.6 Å². The fourth-order valence-corrected chi connectivity index (χ4v) is 5.55. The largest absolute Gasteiger partial charge is 0.379 e. The molecule has 0 radical (unpaired) electrons. The van der Waals surface area contributed by atoms with Gasteiger partial charge in [-0.25, -0.2) is 11.4 Å². The summed E-state index contributed by atoms with van der Waals surface area (Å²) >= 11 is 1.88. The lowest BCUT2D eigenvalue weighted by Crippen LogP contribution is -2.38. The van der Waals surface area contributed by atoms with Crippen molar-refractivity contribution in [3.8, 4) is 0 Å². The molecular weight excluding hydrogens is 486 g/mol. The summed E-state index contributed by atoms with van der Waals surface area (Å²) in [7, 11) is 1.65. The van der Waals surface area contributed by atoms with E-state index in [1.54, 1.807) is 7.05 Å². The fourth-order valence-electron chi connectivity index (χ4n) is 4.00. The molecule has 4 amide bonds. The monoisotopic (exact) mass is 527 g/mol. The Morgan fingerprint density at radius 2 is 1.75 bits per heavy atom.